The molecule has 0 spiro atoms. The lowest BCUT2D eigenvalue weighted by Crippen LogP contribution is -2.48. The van der Waals surface area contributed by atoms with Gasteiger partial charge in [-0.15, -0.1) is 0 Å². The van der Waals surface area contributed by atoms with Crippen LogP contribution in [0.3, 0.4) is 0 Å². The number of esters is 1. The number of nitrogens with zero attached hydrogens (tertiary/aromatic N) is 3. The lowest BCUT2D eigenvalue weighted by molar-refractivity contribution is -0.144. The van der Waals surface area contributed by atoms with Gasteiger partial charge in [0, 0.05) is 11.3 Å². The quantitative estimate of drug-likeness (QED) is 0.255. The van der Waals surface area contributed by atoms with Crippen LogP contribution >= 0.6 is 0 Å². The lowest BCUT2D eigenvalue weighted by atomic mass is 10.1. The molecule has 0 bridgehead atoms. The monoisotopic (exact) mass is 285 g/mol. The molecule has 1 fully saturated rings. The number of cyclic esters (lactones) is 1. The zero-order chi connectivity index (χ0) is 14.7. The Morgan fingerprint density at radius 1 is 1.58 bits per heavy atom. The Balaban J connectivity index is 2.80. The van der Waals surface area contributed by atoms with Crippen LogP contribution in [-0.4, -0.2) is 33.0 Å². The molecule has 0 saturated carbocycles. The number of azide groups is 1. The number of rotatable bonds is 5. The van der Waals surface area contributed by atoms with Gasteiger partial charge in [-0.05, 0) is 30.1 Å². The standard InChI is InChI=1S/C12H23N3O3Si/c1-12(2,3)19(4,5)18-10(8-14-15-13)9-6-7-11(16)17-9/h9-10H,6-8H2,1-5H3. The van der Waals surface area contributed by atoms with Crippen molar-refractivity contribution in [1.29, 1.82) is 0 Å². The molecule has 7 heteroatoms. The van der Waals surface area contributed by atoms with Crippen LogP contribution in [0.1, 0.15) is 33.6 Å². The Morgan fingerprint density at radius 2 is 2.21 bits per heavy atom. The van der Waals surface area contributed by atoms with E-state index in [1.54, 1.807) is 0 Å². The van der Waals surface area contributed by atoms with Gasteiger partial charge in [0.15, 0.2) is 8.32 Å². The fourth-order valence-electron chi connectivity index (χ4n) is 1.71. The van der Waals surface area contributed by atoms with Gasteiger partial charge in [-0.3, -0.25) is 4.79 Å². The third kappa shape index (κ3) is 4.23. The van der Waals surface area contributed by atoms with Crippen molar-refractivity contribution < 1.29 is 14.0 Å². The van der Waals surface area contributed by atoms with Crippen molar-refractivity contribution in [2.75, 3.05) is 6.54 Å². The maximum Gasteiger partial charge on any atom is 0.306 e. The Hall–Kier alpha value is -1.04. The smallest absolute Gasteiger partial charge is 0.306 e. The highest BCUT2D eigenvalue weighted by molar-refractivity contribution is 6.74. The predicted molar refractivity (Wildman–Crippen MR) is 75.2 cm³/mol. The van der Waals surface area contributed by atoms with E-state index in [4.69, 9.17) is 14.7 Å². The summed E-state index contributed by atoms with van der Waals surface area (Å²) in [7, 11) is -1.98. The first-order valence-corrected chi connectivity index (χ1v) is 9.46. The van der Waals surface area contributed by atoms with Crippen molar-refractivity contribution >= 4 is 14.3 Å². The lowest BCUT2D eigenvalue weighted by Gasteiger charge is -2.40. The molecule has 0 aromatic heterocycles. The van der Waals surface area contributed by atoms with Crippen molar-refractivity contribution in [3.8, 4) is 0 Å². The van der Waals surface area contributed by atoms with Crippen LogP contribution in [0.5, 0.6) is 0 Å². The van der Waals surface area contributed by atoms with Gasteiger partial charge in [0.05, 0.1) is 12.6 Å². The highest BCUT2D eigenvalue weighted by atomic mass is 28.4. The van der Waals surface area contributed by atoms with E-state index in [1.165, 1.54) is 0 Å². The summed E-state index contributed by atoms with van der Waals surface area (Å²) in [5.41, 5.74) is 8.47. The fourth-order valence-corrected chi connectivity index (χ4v) is 3.05. The zero-order valence-corrected chi connectivity index (χ0v) is 13.3. The maximum absolute atomic E-state index is 11.2. The predicted octanol–water partition coefficient (Wildman–Crippen LogP) is 3.39. The van der Waals surface area contributed by atoms with Crippen LogP contribution in [0.25, 0.3) is 10.4 Å². The second-order valence-electron chi connectivity index (χ2n) is 6.40. The molecule has 19 heavy (non-hydrogen) atoms. The number of hydrogen-bond donors (Lipinski definition) is 0. The van der Waals surface area contributed by atoms with Gasteiger partial charge < -0.3 is 9.16 Å². The van der Waals surface area contributed by atoms with Crippen LogP contribution in [-0.2, 0) is 14.0 Å². The van der Waals surface area contributed by atoms with Crippen molar-refractivity contribution in [2.24, 2.45) is 5.11 Å². The molecule has 2 unspecified atom stereocenters. The van der Waals surface area contributed by atoms with Gasteiger partial charge >= 0.3 is 5.97 Å². The molecular formula is C12H23N3O3Si. The minimum Gasteiger partial charge on any atom is -0.460 e. The molecule has 1 rings (SSSR count). The highest BCUT2D eigenvalue weighted by Crippen LogP contribution is 2.38. The van der Waals surface area contributed by atoms with E-state index in [-0.39, 0.29) is 29.8 Å². The number of ether oxygens (including phenoxy) is 1. The minimum atomic E-state index is -1.98. The first kappa shape index (κ1) is 16.0. The largest absolute Gasteiger partial charge is 0.460 e. The van der Waals surface area contributed by atoms with Crippen molar-refractivity contribution in [3.63, 3.8) is 0 Å². The fraction of sp³-hybridized carbons (Fsp3) is 0.917. The molecule has 6 nitrogen and oxygen atoms in total. The second-order valence-corrected chi connectivity index (χ2v) is 11.2. The van der Waals surface area contributed by atoms with Crippen LogP contribution in [0, 0.1) is 0 Å². The summed E-state index contributed by atoms with van der Waals surface area (Å²) >= 11 is 0. The van der Waals surface area contributed by atoms with E-state index in [1.807, 2.05) is 0 Å². The maximum atomic E-state index is 11.2. The highest BCUT2D eigenvalue weighted by Gasteiger charge is 2.42. The Bertz CT molecular complexity index is 386. The summed E-state index contributed by atoms with van der Waals surface area (Å²) in [4.78, 5) is 14.0. The molecular weight excluding hydrogens is 262 g/mol. The molecule has 0 N–H and O–H groups in total. The summed E-state index contributed by atoms with van der Waals surface area (Å²) in [6.45, 7) is 10.9. The van der Waals surface area contributed by atoms with Gasteiger partial charge in [0.25, 0.3) is 0 Å². The van der Waals surface area contributed by atoms with Crippen LogP contribution in [0.2, 0.25) is 18.1 Å². The number of hydrogen-bond acceptors (Lipinski definition) is 4. The summed E-state index contributed by atoms with van der Waals surface area (Å²) in [5.74, 6) is -0.199. The molecule has 0 aliphatic carbocycles. The molecule has 1 saturated heterocycles. The van der Waals surface area contributed by atoms with Gasteiger partial charge in [-0.25, -0.2) is 0 Å². The minimum absolute atomic E-state index is 0.0597. The SMILES string of the molecule is CC(C)(C)[Si](C)(C)OC(CN=[N+]=[N-])C1CCC(=O)O1. The summed E-state index contributed by atoms with van der Waals surface area (Å²) in [6.07, 6.45) is 0.438. The van der Waals surface area contributed by atoms with Crippen LogP contribution in [0.15, 0.2) is 5.11 Å². The molecule has 108 valence electrons. The van der Waals surface area contributed by atoms with E-state index >= 15 is 0 Å². The van der Waals surface area contributed by atoms with Crippen LogP contribution in [0.4, 0.5) is 0 Å². The Morgan fingerprint density at radius 3 is 2.63 bits per heavy atom. The van der Waals surface area contributed by atoms with Crippen molar-refractivity contribution in [2.45, 2.75) is 64.0 Å². The molecule has 1 heterocycles. The number of carbonyl (C=O) groups excluding carboxylic acids is 1. The molecule has 0 aromatic rings. The normalized spacial score (nSPS) is 21.7. The topological polar surface area (TPSA) is 84.3 Å². The van der Waals surface area contributed by atoms with Crippen LogP contribution < -0.4 is 0 Å². The van der Waals surface area contributed by atoms with E-state index in [2.05, 4.69) is 43.9 Å². The molecule has 1 aliphatic heterocycles. The molecule has 0 amide bonds. The zero-order valence-electron chi connectivity index (χ0n) is 12.3. The molecule has 1 aliphatic rings. The first-order valence-electron chi connectivity index (χ1n) is 6.55. The summed E-state index contributed by atoms with van der Waals surface area (Å²) in [6, 6.07) is 0. The van der Waals surface area contributed by atoms with Gasteiger partial charge in [0.1, 0.15) is 6.10 Å². The van der Waals surface area contributed by atoms with Crippen molar-refractivity contribution in [1.82, 2.24) is 0 Å². The third-order valence-corrected chi connectivity index (χ3v) is 8.41. The van der Waals surface area contributed by atoms with Gasteiger partial charge in [-0.2, -0.15) is 0 Å². The van der Waals surface area contributed by atoms with Gasteiger partial charge in [0.2, 0.25) is 0 Å². The van der Waals surface area contributed by atoms with E-state index in [0.717, 1.165) is 0 Å². The average molecular weight is 285 g/mol. The Kier molecular flexibility index (Phi) is 5.01. The van der Waals surface area contributed by atoms with Gasteiger partial charge in [-0.1, -0.05) is 25.9 Å². The van der Waals surface area contributed by atoms with Crippen molar-refractivity contribution in [3.05, 3.63) is 10.4 Å². The van der Waals surface area contributed by atoms with E-state index in [9.17, 15) is 4.79 Å². The van der Waals surface area contributed by atoms with E-state index in [0.29, 0.717) is 12.8 Å². The second kappa shape index (κ2) is 5.94. The summed E-state index contributed by atoms with van der Waals surface area (Å²) < 4.78 is 11.5. The Labute approximate surface area is 115 Å². The first-order chi connectivity index (χ1) is 8.67. The van der Waals surface area contributed by atoms with E-state index < -0.39 is 8.32 Å². The molecule has 0 aromatic carbocycles. The summed E-state index contributed by atoms with van der Waals surface area (Å²) in [5, 5.41) is 3.65. The molecule has 2 atom stereocenters. The average Bonchev–Trinajstić information content (AvgIpc) is 2.69. The number of carbonyl (C=O) groups is 1. The molecule has 0 radical (unpaired) electrons. The third-order valence-electron chi connectivity index (χ3n) is 3.91.